The summed E-state index contributed by atoms with van der Waals surface area (Å²) in [5.74, 6) is -0.918. The maximum atomic E-state index is 13.4. The maximum absolute atomic E-state index is 13.4. The number of aliphatic hydroxyl groups excluding tert-OH is 2. The average molecular weight is 502 g/mol. The molecule has 2 aromatic heterocycles. The van der Waals surface area contributed by atoms with E-state index in [9.17, 15) is 19.4 Å². The van der Waals surface area contributed by atoms with Gasteiger partial charge in [-0.25, -0.2) is 14.1 Å². The van der Waals surface area contributed by atoms with Gasteiger partial charge in [-0.15, -0.1) is 0 Å². The van der Waals surface area contributed by atoms with E-state index in [-0.39, 0.29) is 12.2 Å². The second-order valence-corrected chi connectivity index (χ2v) is 9.61. The zero-order valence-corrected chi connectivity index (χ0v) is 20.4. The van der Waals surface area contributed by atoms with Crippen LogP contribution in [-0.4, -0.2) is 48.3 Å². The van der Waals surface area contributed by atoms with Gasteiger partial charge < -0.3 is 15.3 Å². The number of aryl methyl sites for hydroxylation is 1. The van der Waals surface area contributed by atoms with E-state index in [4.69, 9.17) is 10.2 Å². The molecule has 0 saturated heterocycles. The summed E-state index contributed by atoms with van der Waals surface area (Å²) in [4.78, 5) is 15.3. The molecule has 2 heterocycles. The molecule has 1 aliphatic carbocycles. The molecule has 0 aliphatic heterocycles. The highest BCUT2D eigenvalue weighted by Crippen LogP contribution is 2.46. The Balaban J connectivity index is 1.47. The molecular formula is C29H28FN3O4. The van der Waals surface area contributed by atoms with Crippen molar-refractivity contribution in [3.05, 3.63) is 77.7 Å². The van der Waals surface area contributed by atoms with Crippen molar-refractivity contribution in [2.75, 3.05) is 0 Å². The van der Waals surface area contributed by atoms with Crippen LogP contribution in [0.5, 0.6) is 0 Å². The number of nitrogens with zero attached hydrogens (tertiary/aromatic N) is 3. The van der Waals surface area contributed by atoms with E-state index in [1.807, 2.05) is 19.2 Å². The molecule has 2 aromatic carbocycles. The van der Waals surface area contributed by atoms with Gasteiger partial charge >= 0.3 is 5.97 Å². The van der Waals surface area contributed by atoms with Crippen LogP contribution in [0.3, 0.4) is 0 Å². The van der Waals surface area contributed by atoms with Crippen LogP contribution in [0.4, 0.5) is 4.39 Å². The second kappa shape index (κ2) is 10.2. The summed E-state index contributed by atoms with van der Waals surface area (Å²) in [7, 11) is 1.85. The molecule has 7 nitrogen and oxygen atoms in total. The molecule has 0 radical (unpaired) electrons. The van der Waals surface area contributed by atoms with E-state index in [1.165, 1.54) is 23.8 Å². The van der Waals surface area contributed by atoms with Gasteiger partial charge in [0, 0.05) is 30.6 Å². The largest absolute Gasteiger partial charge is 0.481 e. The number of hydrogen-bond acceptors (Lipinski definition) is 5. The van der Waals surface area contributed by atoms with Gasteiger partial charge in [0.25, 0.3) is 0 Å². The van der Waals surface area contributed by atoms with Crippen molar-refractivity contribution in [3.8, 4) is 22.4 Å². The lowest BCUT2D eigenvalue weighted by Crippen LogP contribution is -2.19. The normalized spacial score (nSPS) is 15.4. The standard InChI is InChI=1S/C29H28FN3O4/c1-33-29-26(12-17(16-31-29)2-10-22(34)14-23(35)15-27(36)37)28(32-33)24-11-7-20(13-25(24)19-3-4-19)18-5-8-21(30)9-6-18/h2,5-13,16,19,22-23,34-35H,3-4,14-15H2,1H3,(H,36,37)/b10-2+. The summed E-state index contributed by atoms with van der Waals surface area (Å²) < 4.78 is 15.2. The van der Waals surface area contributed by atoms with Crippen LogP contribution in [0, 0.1) is 5.82 Å². The molecule has 1 fully saturated rings. The Hall–Kier alpha value is -3.88. The molecule has 4 aromatic rings. The Kier molecular flexibility index (Phi) is 6.86. The fourth-order valence-electron chi connectivity index (χ4n) is 4.64. The van der Waals surface area contributed by atoms with Gasteiger partial charge in [0.05, 0.1) is 18.6 Å². The van der Waals surface area contributed by atoms with Gasteiger partial charge in [-0.2, -0.15) is 5.10 Å². The third kappa shape index (κ3) is 5.60. The molecule has 5 rings (SSSR count). The first-order valence-electron chi connectivity index (χ1n) is 12.3. The first-order chi connectivity index (χ1) is 17.8. The third-order valence-electron chi connectivity index (χ3n) is 6.64. The molecule has 190 valence electrons. The molecule has 0 amide bonds. The van der Waals surface area contributed by atoms with E-state index in [0.29, 0.717) is 5.92 Å². The van der Waals surface area contributed by atoms with E-state index < -0.39 is 24.6 Å². The minimum Gasteiger partial charge on any atom is -0.481 e. The van der Waals surface area contributed by atoms with E-state index in [1.54, 1.807) is 29.1 Å². The first kappa shape index (κ1) is 24.8. The number of aliphatic hydroxyl groups is 2. The van der Waals surface area contributed by atoms with E-state index in [0.717, 1.165) is 51.8 Å². The highest BCUT2D eigenvalue weighted by Gasteiger charge is 2.28. The third-order valence-corrected chi connectivity index (χ3v) is 6.64. The van der Waals surface area contributed by atoms with E-state index >= 15 is 0 Å². The number of benzene rings is 2. The summed E-state index contributed by atoms with van der Waals surface area (Å²) in [5.41, 5.74) is 6.56. The molecule has 2 atom stereocenters. The highest BCUT2D eigenvalue weighted by atomic mass is 19.1. The Morgan fingerprint density at radius 2 is 1.86 bits per heavy atom. The highest BCUT2D eigenvalue weighted by molar-refractivity contribution is 5.94. The summed E-state index contributed by atoms with van der Waals surface area (Å²) in [5, 5.41) is 34.4. The Labute approximate surface area is 213 Å². The smallest absolute Gasteiger partial charge is 0.305 e. The van der Waals surface area contributed by atoms with Crippen molar-refractivity contribution in [1.82, 2.24) is 14.8 Å². The number of fused-ring (bicyclic) bond motifs is 1. The topological polar surface area (TPSA) is 108 Å². The number of carboxylic acid groups (broad SMARTS) is 1. The second-order valence-electron chi connectivity index (χ2n) is 9.61. The lowest BCUT2D eigenvalue weighted by atomic mass is 9.94. The maximum Gasteiger partial charge on any atom is 0.305 e. The van der Waals surface area contributed by atoms with Crippen molar-refractivity contribution in [2.24, 2.45) is 7.05 Å². The molecule has 37 heavy (non-hydrogen) atoms. The number of aromatic nitrogens is 3. The average Bonchev–Trinajstić information content (AvgIpc) is 3.66. The number of carboxylic acids is 1. The van der Waals surface area contributed by atoms with Crippen molar-refractivity contribution < 1.29 is 24.5 Å². The number of aliphatic carboxylic acids is 1. The van der Waals surface area contributed by atoms with Crippen molar-refractivity contribution in [2.45, 2.75) is 43.8 Å². The van der Waals surface area contributed by atoms with E-state index in [2.05, 4.69) is 17.1 Å². The molecule has 3 N–H and O–H groups in total. The predicted molar refractivity (Wildman–Crippen MR) is 139 cm³/mol. The van der Waals surface area contributed by atoms with Crippen LogP contribution in [0.1, 0.15) is 42.7 Å². The van der Waals surface area contributed by atoms with Gasteiger partial charge in [-0.05, 0) is 59.2 Å². The fraction of sp³-hybridized carbons (Fsp3) is 0.276. The van der Waals surface area contributed by atoms with Crippen molar-refractivity contribution in [3.63, 3.8) is 0 Å². The predicted octanol–water partition coefficient (Wildman–Crippen LogP) is 4.92. The quantitative estimate of drug-likeness (QED) is 0.301. The summed E-state index contributed by atoms with van der Waals surface area (Å²) in [6.45, 7) is 0. The minimum atomic E-state index is -1.12. The molecule has 1 aliphatic rings. The number of pyridine rings is 1. The first-order valence-corrected chi connectivity index (χ1v) is 12.3. The number of carbonyl (C=O) groups is 1. The zero-order valence-electron chi connectivity index (χ0n) is 20.4. The molecule has 0 bridgehead atoms. The van der Waals surface area contributed by atoms with Gasteiger partial charge in [-0.3, -0.25) is 4.79 Å². The lowest BCUT2D eigenvalue weighted by Gasteiger charge is -2.11. The zero-order chi connectivity index (χ0) is 26.1. The summed E-state index contributed by atoms with van der Waals surface area (Å²) >= 11 is 0. The van der Waals surface area contributed by atoms with Crippen LogP contribution in [-0.2, 0) is 11.8 Å². The van der Waals surface area contributed by atoms with Gasteiger partial charge in [0.2, 0.25) is 0 Å². The van der Waals surface area contributed by atoms with Gasteiger partial charge in [0.15, 0.2) is 5.65 Å². The number of hydrogen-bond donors (Lipinski definition) is 3. The SMILES string of the molecule is Cn1nc(-c2ccc(-c3ccc(F)cc3)cc2C2CC2)c2cc(/C=C/C(O)CC(O)CC(=O)O)cnc21. The van der Waals surface area contributed by atoms with Crippen LogP contribution in [0.25, 0.3) is 39.5 Å². The van der Waals surface area contributed by atoms with Gasteiger partial charge in [0.1, 0.15) is 11.5 Å². The molecular weight excluding hydrogens is 473 g/mol. The molecule has 8 heteroatoms. The van der Waals surface area contributed by atoms with Gasteiger partial charge in [-0.1, -0.05) is 42.5 Å². The molecule has 1 saturated carbocycles. The Bertz CT molecular complexity index is 1470. The summed E-state index contributed by atoms with van der Waals surface area (Å²) in [6, 6.07) is 14.8. The fourth-order valence-corrected chi connectivity index (χ4v) is 4.64. The molecule has 0 spiro atoms. The van der Waals surface area contributed by atoms with Crippen molar-refractivity contribution >= 4 is 23.1 Å². The number of halogens is 1. The molecule has 2 unspecified atom stereocenters. The minimum absolute atomic E-state index is 0.0677. The van der Waals surface area contributed by atoms with Crippen LogP contribution in [0.2, 0.25) is 0 Å². The number of rotatable bonds is 9. The Morgan fingerprint density at radius 3 is 2.57 bits per heavy atom. The van der Waals surface area contributed by atoms with Crippen LogP contribution < -0.4 is 0 Å². The van der Waals surface area contributed by atoms with Crippen molar-refractivity contribution in [1.29, 1.82) is 0 Å². The Morgan fingerprint density at radius 1 is 1.14 bits per heavy atom. The van der Waals surface area contributed by atoms with Crippen LogP contribution in [0.15, 0.2) is 60.8 Å². The summed E-state index contributed by atoms with van der Waals surface area (Å²) in [6.07, 6.45) is 4.55. The lowest BCUT2D eigenvalue weighted by molar-refractivity contribution is -0.139. The monoisotopic (exact) mass is 501 g/mol. The van der Waals surface area contributed by atoms with Crippen LogP contribution >= 0.6 is 0 Å².